The smallest absolute Gasteiger partial charge is 0.243 e. The first kappa shape index (κ1) is 16.9. The van der Waals surface area contributed by atoms with Crippen LogP contribution in [0.3, 0.4) is 0 Å². The van der Waals surface area contributed by atoms with E-state index in [9.17, 15) is 12.8 Å². The Labute approximate surface area is 140 Å². The first-order valence-corrected chi connectivity index (χ1v) is 9.37. The Morgan fingerprint density at radius 1 is 1.04 bits per heavy atom. The molecule has 0 amide bonds. The molecule has 1 N–H and O–H groups in total. The van der Waals surface area contributed by atoms with E-state index in [2.05, 4.69) is 9.71 Å². The highest BCUT2D eigenvalue weighted by molar-refractivity contribution is 7.89. The molecule has 1 saturated carbocycles. The van der Waals surface area contributed by atoms with E-state index in [1.165, 1.54) is 18.2 Å². The average Bonchev–Trinajstić information content (AvgIpc) is 2.58. The number of nitrogens with zero attached hydrogens (tertiary/aromatic N) is 1. The second-order valence-corrected chi connectivity index (χ2v) is 7.49. The van der Waals surface area contributed by atoms with Crippen LogP contribution in [0.15, 0.2) is 53.6 Å². The number of rotatable bonds is 5. The van der Waals surface area contributed by atoms with Gasteiger partial charge < -0.3 is 4.74 Å². The number of benzene rings is 1. The molecule has 0 bridgehead atoms. The monoisotopic (exact) mass is 350 g/mol. The number of nitrogens with one attached hydrogen (secondary N) is 1. The molecule has 1 fully saturated rings. The van der Waals surface area contributed by atoms with Gasteiger partial charge in [-0.2, -0.15) is 0 Å². The highest BCUT2D eigenvalue weighted by Crippen LogP contribution is 2.24. The number of pyridine rings is 1. The zero-order chi connectivity index (χ0) is 17.0. The third kappa shape index (κ3) is 4.10. The fourth-order valence-corrected chi connectivity index (χ4v) is 4.22. The van der Waals surface area contributed by atoms with Gasteiger partial charge >= 0.3 is 0 Å². The first-order valence-electron chi connectivity index (χ1n) is 7.89. The van der Waals surface area contributed by atoms with Crippen LogP contribution in [0.25, 0.3) is 0 Å². The molecule has 2 aromatic rings. The van der Waals surface area contributed by atoms with Crippen molar-refractivity contribution in [3.63, 3.8) is 0 Å². The van der Waals surface area contributed by atoms with Gasteiger partial charge in [0.25, 0.3) is 0 Å². The summed E-state index contributed by atoms with van der Waals surface area (Å²) in [6.45, 7) is 0. The minimum Gasteiger partial charge on any atom is -0.474 e. The largest absolute Gasteiger partial charge is 0.474 e. The highest BCUT2D eigenvalue weighted by Gasteiger charge is 2.28. The SMILES string of the molecule is O=S(=O)(NC1CCC(Oc2ccccn2)CC1)c1ccccc1F. The summed E-state index contributed by atoms with van der Waals surface area (Å²) < 4.78 is 46.7. The van der Waals surface area contributed by atoms with Crippen LogP contribution in [-0.4, -0.2) is 25.5 Å². The zero-order valence-corrected chi connectivity index (χ0v) is 13.9. The third-order valence-electron chi connectivity index (χ3n) is 4.05. The van der Waals surface area contributed by atoms with Gasteiger partial charge in [0.2, 0.25) is 15.9 Å². The Morgan fingerprint density at radius 3 is 2.42 bits per heavy atom. The van der Waals surface area contributed by atoms with Crippen molar-refractivity contribution in [2.24, 2.45) is 0 Å². The van der Waals surface area contributed by atoms with Crippen LogP contribution in [0.1, 0.15) is 25.7 Å². The van der Waals surface area contributed by atoms with Crippen molar-refractivity contribution in [1.82, 2.24) is 9.71 Å². The molecule has 0 radical (unpaired) electrons. The molecule has 24 heavy (non-hydrogen) atoms. The van der Waals surface area contributed by atoms with Gasteiger partial charge in [-0.3, -0.25) is 0 Å². The van der Waals surface area contributed by atoms with Gasteiger partial charge in [0, 0.05) is 18.3 Å². The lowest BCUT2D eigenvalue weighted by Gasteiger charge is -2.29. The van der Waals surface area contributed by atoms with E-state index in [0.717, 1.165) is 18.9 Å². The minimum absolute atomic E-state index is 0.0223. The molecule has 1 aliphatic carbocycles. The molecule has 1 heterocycles. The molecule has 1 aromatic heterocycles. The Hall–Kier alpha value is -1.99. The number of hydrogen-bond acceptors (Lipinski definition) is 4. The number of aromatic nitrogens is 1. The maximum Gasteiger partial charge on any atom is 0.243 e. The summed E-state index contributed by atoms with van der Waals surface area (Å²) in [5.74, 6) is -0.162. The lowest BCUT2D eigenvalue weighted by atomic mass is 9.94. The van der Waals surface area contributed by atoms with Gasteiger partial charge in [-0.25, -0.2) is 22.5 Å². The van der Waals surface area contributed by atoms with E-state index in [1.54, 1.807) is 12.3 Å². The van der Waals surface area contributed by atoms with Gasteiger partial charge in [0.1, 0.15) is 16.8 Å². The fourth-order valence-electron chi connectivity index (χ4n) is 2.83. The molecule has 0 spiro atoms. The van der Waals surface area contributed by atoms with E-state index in [1.807, 2.05) is 12.1 Å². The van der Waals surface area contributed by atoms with Crippen molar-refractivity contribution >= 4 is 10.0 Å². The molecule has 7 heteroatoms. The normalized spacial score (nSPS) is 21.4. The molecule has 5 nitrogen and oxygen atoms in total. The van der Waals surface area contributed by atoms with Crippen molar-refractivity contribution in [3.8, 4) is 5.88 Å². The maximum absolute atomic E-state index is 13.7. The summed E-state index contributed by atoms with van der Waals surface area (Å²) in [4.78, 5) is 3.82. The Kier molecular flexibility index (Phi) is 5.11. The third-order valence-corrected chi connectivity index (χ3v) is 5.60. The van der Waals surface area contributed by atoms with E-state index in [4.69, 9.17) is 4.74 Å². The summed E-state index contributed by atoms with van der Waals surface area (Å²) in [6, 6.07) is 10.7. The van der Waals surface area contributed by atoms with Crippen molar-refractivity contribution in [2.75, 3.05) is 0 Å². The van der Waals surface area contributed by atoms with Crippen molar-refractivity contribution < 1.29 is 17.5 Å². The van der Waals surface area contributed by atoms with Crippen LogP contribution < -0.4 is 9.46 Å². The maximum atomic E-state index is 13.7. The van der Waals surface area contributed by atoms with E-state index in [-0.39, 0.29) is 17.0 Å². The minimum atomic E-state index is -3.85. The lowest BCUT2D eigenvalue weighted by molar-refractivity contribution is 0.138. The van der Waals surface area contributed by atoms with Gasteiger partial charge in [-0.15, -0.1) is 0 Å². The Morgan fingerprint density at radius 2 is 1.75 bits per heavy atom. The second-order valence-electron chi connectivity index (χ2n) is 5.81. The summed E-state index contributed by atoms with van der Waals surface area (Å²) in [5, 5.41) is 0. The zero-order valence-electron chi connectivity index (χ0n) is 13.1. The molecular formula is C17H19FN2O3S. The topological polar surface area (TPSA) is 68.3 Å². The van der Waals surface area contributed by atoms with Crippen LogP contribution in [0.4, 0.5) is 4.39 Å². The molecule has 128 valence electrons. The molecule has 1 aliphatic rings. The number of halogens is 1. The molecular weight excluding hydrogens is 331 g/mol. The molecule has 0 unspecified atom stereocenters. The standard InChI is InChI=1S/C17H19FN2O3S/c18-15-5-1-2-6-16(15)24(21,22)20-13-8-10-14(11-9-13)23-17-7-3-4-12-19-17/h1-7,12-14,20H,8-11H2. The first-order chi connectivity index (χ1) is 11.5. The number of ether oxygens (including phenoxy) is 1. The van der Waals surface area contributed by atoms with E-state index < -0.39 is 15.8 Å². The van der Waals surface area contributed by atoms with Crippen molar-refractivity contribution in [2.45, 2.75) is 42.7 Å². The highest BCUT2D eigenvalue weighted by atomic mass is 32.2. The molecule has 0 atom stereocenters. The van der Waals surface area contributed by atoms with Crippen molar-refractivity contribution in [3.05, 3.63) is 54.5 Å². The van der Waals surface area contributed by atoms with Crippen LogP contribution in [0.5, 0.6) is 5.88 Å². The van der Waals surface area contributed by atoms with Gasteiger partial charge in [-0.1, -0.05) is 18.2 Å². The number of hydrogen-bond donors (Lipinski definition) is 1. The van der Waals surface area contributed by atoms with Crippen molar-refractivity contribution in [1.29, 1.82) is 0 Å². The molecule has 1 aromatic carbocycles. The number of sulfonamides is 1. The summed E-state index contributed by atoms with van der Waals surface area (Å²) >= 11 is 0. The molecule has 3 rings (SSSR count). The predicted molar refractivity (Wildman–Crippen MR) is 87.6 cm³/mol. The second kappa shape index (κ2) is 7.27. The van der Waals surface area contributed by atoms with Gasteiger partial charge in [0.05, 0.1) is 0 Å². The quantitative estimate of drug-likeness (QED) is 0.900. The summed E-state index contributed by atoms with van der Waals surface area (Å²) in [6.07, 6.45) is 4.43. The van der Waals surface area contributed by atoms with Crippen LogP contribution in [0, 0.1) is 5.82 Å². The summed E-state index contributed by atoms with van der Waals surface area (Å²) in [7, 11) is -3.85. The van der Waals surface area contributed by atoms with Crippen LogP contribution in [-0.2, 0) is 10.0 Å². The van der Waals surface area contributed by atoms with E-state index >= 15 is 0 Å². The fraction of sp³-hybridized carbons (Fsp3) is 0.353. The Balaban J connectivity index is 1.56. The molecule has 0 saturated heterocycles. The molecule has 0 aliphatic heterocycles. The van der Waals surface area contributed by atoms with Crippen LogP contribution in [0.2, 0.25) is 0 Å². The average molecular weight is 350 g/mol. The van der Waals surface area contributed by atoms with Gasteiger partial charge in [0.15, 0.2) is 0 Å². The van der Waals surface area contributed by atoms with Crippen LogP contribution >= 0.6 is 0 Å². The lowest BCUT2D eigenvalue weighted by Crippen LogP contribution is -2.39. The van der Waals surface area contributed by atoms with Gasteiger partial charge in [-0.05, 0) is 43.9 Å². The Bertz CT molecular complexity index is 775. The predicted octanol–water partition coefficient (Wildman–Crippen LogP) is 2.89. The van der Waals surface area contributed by atoms with E-state index in [0.29, 0.717) is 18.7 Å². The summed E-state index contributed by atoms with van der Waals surface area (Å²) in [5.41, 5.74) is 0.